The Balaban J connectivity index is 2.91. The van der Waals surface area contributed by atoms with Gasteiger partial charge in [-0.15, -0.1) is 11.8 Å². The molecule has 1 heterocycles. The molecular weight excluding hydrogens is 176 g/mol. The van der Waals surface area contributed by atoms with Crippen LogP contribution in [0.15, 0.2) is 11.5 Å². The minimum atomic E-state index is -0.231. The van der Waals surface area contributed by atoms with Crippen molar-refractivity contribution in [2.45, 2.75) is 5.50 Å². The summed E-state index contributed by atoms with van der Waals surface area (Å²) in [5, 5.41) is 2.90. The maximum atomic E-state index is 11.3. The van der Waals surface area contributed by atoms with Gasteiger partial charge in [-0.05, 0) is 6.26 Å². The van der Waals surface area contributed by atoms with E-state index >= 15 is 0 Å². The first-order chi connectivity index (χ1) is 5.57. The summed E-state index contributed by atoms with van der Waals surface area (Å²) in [5.74, 6) is 0.0306. The molecule has 0 bridgehead atoms. The first-order valence-electron chi connectivity index (χ1n) is 3.39. The number of hydrogen-bond donors (Lipinski definition) is 3. The molecule has 1 aliphatic rings. The molecule has 5 nitrogen and oxygen atoms in total. The van der Waals surface area contributed by atoms with Gasteiger partial charge in [-0.3, -0.25) is 4.79 Å². The maximum absolute atomic E-state index is 11.3. The molecule has 1 unspecified atom stereocenters. The number of carbonyl (C=O) groups excluding carboxylic acids is 1. The van der Waals surface area contributed by atoms with Crippen LogP contribution in [0.1, 0.15) is 0 Å². The van der Waals surface area contributed by atoms with E-state index in [0.29, 0.717) is 0 Å². The van der Waals surface area contributed by atoms with E-state index in [-0.39, 0.29) is 22.9 Å². The van der Waals surface area contributed by atoms with Gasteiger partial charge < -0.3 is 21.7 Å². The third-order valence-corrected chi connectivity index (χ3v) is 2.58. The molecule has 12 heavy (non-hydrogen) atoms. The Morgan fingerprint density at radius 1 is 1.58 bits per heavy atom. The summed E-state index contributed by atoms with van der Waals surface area (Å²) in [4.78, 5) is 12.8. The number of nitrogens with zero attached hydrogens (tertiary/aromatic N) is 1. The second-order valence-electron chi connectivity index (χ2n) is 2.48. The Morgan fingerprint density at radius 2 is 2.17 bits per heavy atom. The smallest absolute Gasteiger partial charge is 0.275 e. The van der Waals surface area contributed by atoms with Gasteiger partial charge in [0.25, 0.3) is 5.91 Å². The largest absolute Gasteiger partial charge is 0.391 e. The number of nitrogens with one attached hydrogen (secondary N) is 1. The van der Waals surface area contributed by atoms with Crippen LogP contribution in [0.25, 0.3) is 0 Å². The topological polar surface area (TPSA) is 84.4 Å². The average molecular weight is 188 g/mol. The highest BCUT2D eigenvalue weighted by Gasteiger charge is 2.27. The van der Waals surface area contributed by atoms with Crippen molar-refractivity contribution >= 4 is 17.7 Å². The van der Waals surface area contributed by atoms with E-state index in [2.05, 4.69) is 5.32 Å². The third kappa shape index (κ3) is 1.29. The molecule has 0 saturated carbocycles. The maximum Gasteiger partial charge on any atom is 0.275 e. The molecule has 5 N–H and O–H groups in total. The fourth-order valence-electron chi connectivity index (χ4n) is 0.936. The lowest BCUT2D eigenvalue weighted by atomic mass is 10.3. The van der Waals surface area contributed by atoms with Gasteiger partial charge >= 0.3 is 0 Å². The van der Waals surface area contributed by atoms with Gasteiger partial charge in [0.1, 0.15) is 11.5 Å². The fraction of sp³-hybridized carbons (Fsp3) is 0.500. The summed E-state index contributed by atoms with van der Waals surface area (Å²) in [7, 11) is 1.68. The Labute approximate surface area is 75.1 Å². The molecule has 1 amide bonds. The molecule has 0 saturated heterocycles. The van der Waals surface area contributed by atoms with Crippen LogP contribution >= 0.6 is 11.8 Å². The number of nitrogens with two attached hydrogens (primary N) is 2. The van der Waals surface area contributed by atoms with E-state index in [9.17, 15) is 4.79 Å². The van der Waals surface area contributed by atoms with Crippen LogP contribution in [-0.2, 0) is 4.79 Å². The number of hydrogen-bond acceptors (Lipinski definition) is 5. The summed E-state index contributed by atoms with van der Waals surface area (Å²) >= 11 is 1.49. The van der Waals surface area contributed by atoms with Crippen LogP contribution < -0.4 is 16.8 Å². The number of amides is 1. The molecule has 0 radical (unpaired) electrons. The van der Waals surface area contributed by atoms with E-state index in [1.165, 1.54) is 16.7 Å². The van der Waals surface area contributed by atoms with Gasteiger partial charge in [0.2, 0.25) is 0 Å². The van der Waals surface area contributed by atoms with Crippen molar-refractivity contribution in [1.29, 1.82) is 0 Å². The second-order valence-corrected chi connectivity index (χ2v) is 3.39. The van der Waals surface area contributed by atoms with E-state index in [4.69, 9.17) is 11.5 Å². The molecule has 68 valence electrons. The third-order valence-electron chi connectivity index (χ3n) is 1.69. The molecule has 1 rings (SSSR count). The molecule has 0 aliphatic carbocycles. The van der Waals surface area contributed by atoms with Crippen molar-refractivity contribution in [3.8, 4) is 0 Å². The standard InChI is InChI=1S/C6H12N4OS/c1-10-5(11)3(7)4(8)9-6(10)12-2/h6,9H,7-8H2,1-2H3. The Morgan fingerprint density at radius 3 is 2.67 bits per heavy atom. The number of likely N-dealkylation sites (N-methyl/N-ethyl adjacent to an activating group) is 1. The van der Waals surface area contributed by atoms with Crippen molar-refractivity contribution in [2.75, 3.05) is 13.3 Å². The highest BCUT2D eigenvalue weighted by Crippen LogP contribution is 2.15. The quantitative estimate of drug-likeness (QED) is 0.480. The first-order valence-corrected chi connectivity index (χ1v) is 4.68. The van der Waals surface area contributed by atoms with Crippen LogP contribution in [0.5, 0.6) is 0 Å². The molecule has 1 aliphatic heterocycles. The minimum Gasteiger partial charge on any atom is -0.391 e. The predicted molar refractivity (Wildman–Crippen MR) is 48.6 cm³/mol. The summed E-state index contributed by atoms with van der Waals surface area (Å²) in [6.45, 7) is 0. The summed E-state index contributed by atoms with van der Waals surface area (Å²) in [6.07, 6.45) is 1.89. The van der Waals surface area contributed by atoms with Gasteiger partial charge in [-0.25, -0.2) is 0 Å². The van der Waals surface area contributed by atoms with Gasteiger partial charge in [0, 0.05) is 7.05 Å². The van der Waals surface area contributed by atoms with Crippen molar-refractivity contribution in [2.24, 2.45) is 11.5 Å². The van der Waals surface area contributed by atoms with Crippen LogP contribution in [0.4, 0.5) is 0 Å². The molecule has 0 spiro atoms. The van der Waals surface area contributed by atoms with Crippen LogP contribution in [0.2, 0.25) is 0 Å². The lowest BCUT2D eigenvalue weighted by Gasteiger charge is -2.32. The lowest BCUT2D eigenvalue weighted by Crippen LogP contribution is -2.52. The van der Waals surface area contributed by atoms with Crippen LogP contribution in [0.3, 0.4) is 0 Å². The first kappa shape index (κ1) is 9.05. The molecule has 0 aromatic carbocycles. The molecule has 0 fully saturated rings. The Kier molecular flexibility index (Phi) is 2.37. The SMILES string of the molecule is CSC1NC(N)=C(N)C(=O)N1C. The summed E-state index contributed by atoms with van der Waals surface area (Å²) in [6, 6.07) is 0. The van der Waals surface area contributed by atoms with E-state index in [1.807, 2.05) is 6.26 Å². The molecule has 6 heteroatoms. The highest BCUT2D eigenvalue weighted by atomic mass is 32.2. The predicted octanol–water partition coefficient (Wildman–Crippen LogP) is -1.22. The van der Waals surface area contributed by atoms with Gasteiger partial charge in [0.05, 0.1) is 0 Å². The van der Waals surface area contributed by atoms with E-state index in [1.54, 1.807) is 7.05 Å². The zero-order chi connectivity index (χ0) is 9.30. The minimum absolute atomic E-state index is 0.0859. The lowest BCUT2D eigenvalue weighted by molar-refractivity contribution is -0.127. The highest BCUT2D eigenvalue weighted by molar-refractivity contribution is 7.99. The van der Waals surface area contributed by atoms with Crippen molar-refractivity contribution in [3.63, 3.8) is 0 Å². The van der Waals surface area contributed by atoms with Gasteiger partial charge in [0.15, 0.2) is 5.50 Å². The monoisotopic (exact) mass is 188 g/mol. The van der Waals surface area contributed by atoms with Crippen molar-refractivity contribution in [3.05, 3.63) is 11.5 Å². The molecule has 0 aromatic heterocycles. The Bertz CT molecular complexity index is 240. The van der Waals surface area contributed by atoms with Crippen LogP contribution in [0, 0.1) is 0 Å². The fourth-order valence-corrected chi connectivity index (χ4v) is 1.59. The molecule has 1 atom stereocenters. The number of thioether (sulfide) groups is 1. The van der Waals surface area contributed by atoms with E-state index < -0.39 is 0 Å². The van der Waals surface area contributed by atoms with Gasteiger partial charge in [-0.1, -0.05) is 0 Å². The van der Waals surface area contributed by atoms with Crippen molar-refractivity contribution in [1.82, 2.24) is 10.2 Å². The molecular formula is C6H12N4OS. The molecule has 0 aromatic rings. The number of carbonyl (C=O) groups is 1. The van der Waals surface area contributed by atoms with Crippen molar-refractivity contribution < 1.29 is 4.79 Å². The Hall–Kier alpha value is -1.04. The zero-order valence-electron chi connectivity index (χ0n) is 7.00. The average Bonchev–Trinajstić information content (AvgIpc) is 2.08. The summed E-state index contributed by atoms with van der Waals surface area (Å²) in [5.41, 5.74) is 10.9. The van der Waals surface area contributed by atoms with Crippen LogP contribution in [-0.4, -0.2) is 29.6 Å². The zero-order valence-corrected chi connectivity index (χ0v) is 7.81. The van der Waals surface area contributed by atoms with E-state index in [0.717, 1.165) is 0 Å². The summed E-state index contributed by atoms with van der Waals surface area (Å²) < 4.78 is 0. The number of rotatable bonds is 1. The normalized spacial score (nSPS) is 24.3. The second kappa shape index (κ2) is 3.14. The van der Waals surface area contributed by atoms with Gasteiger partial charge in [-0.2, -0.15) is 0 Å².